The third kappa shape index (κ3) is 4.68. The zero-order valence-electron chi connectivity index (χ0n) is 14.2. The summed E-state index contributed by atoms with van der Waals surface area (Å²) >= 11 is 0. The first-order chi connectivity index (χ1) is 11.7. The normalized spacial score (nSPS) is 20.0. The summed E-state index contributed by atoms with van der Waals surface area (Å²) in [6, 6.07) is 2.20. The van der Waals surface area contributed by atoms with Crippen LogP contribution in [-0.4, -0.2) is 60.4 Å². The van der Waals surface area contributed by atoms with Crippen molar-refractivity contribution in [3.05, 3.63) is 34.2 Å². The second-order valence-corrected chi connectivity index (χ2v) is 8.33. The van der Waals surface area contributed by atoms with E-state index in [9.17, 15) is 22.8 Å². The third-order valence-corrected chi connectivity index (χ3v) is 6.07. The van der Waals surface area contributed by atoms with Crippen molar-refractivity contribution in [3.63, 3.8) is 0 Å². The predicted octanol–water partition coefficient (Wildman–Crippen LogP) is 0.346. The standard InChI is InChI=1S/C16H22N2O6S/c1-3-11(2)18(12-6-8-25(22,23)10-12)14(19)9-24-16(21)13-5-4-7-17-15(13)20/h4-5,7,11-12H,3,6,8-10H2,1-2H3,(H,17,20)/t11-,12-/m0/s1. The van der Waals surface area contributed by atoms with E-state index < -0.39 is 39.9 Å². The van der Waals surface area contributed by atoms with Gasteiger partial charge in [-0.25, -0.2) is 13.2 Å². The highest BCUT2D eigenvalue weighted by molar-refractivity contribution is 7.91. The van der Waals surface area contributed by atoms with Gasteiger partial charge in [0.1, 0.15) is 5.56 Å². The first kappa shape index (κ1) is 19.2. The number of pyridine rings is 1. The molecule has 0 spiro atoms. The van der Waals surface area contributed by atoms with Crippen LogP contribution in [0.2, 0.25) is 0 Å². The number of aromatic nitrogens is 1. The Morgan fingerprint density at radius 3 is 2.72 bits per heavy atom. The summed E-state index contributed by atoms with van der Waals surface area (Å²) in [5.74, 6) is -1.37. The summed E-state index contributed by atoms with van der Waals surface area (Å²) in [5.41, 5.74) is -0.783. The molecule has 1 N–H and O–H groups in total. The highest BCUT2D eigenvalue weighted by atomic mass is 32.2. The van der Waals surface area contributed by atoms with E-state index in [2.05, 4.69) is 4.98 Å². The molecule has 1 amide bonds. The van der Waals surface area contributed by atoms with Crippen molar-refractivity contribution in [2.45, 2.75) is 38.8 Å². The van der Waals surface area contributed by atoms with E-state index >= 15 is 0 Å². The molecule has 138 valence electrons. The third-order valence-electron chi connectivity index (χ3n) is 4.32. The number of H-pyrrole nitrogens is 1. The van der Waals surface area contributed by atoms with Crippen molar-refractivity contribution in [1.29, 1.82) is 0 Å². The van der Waals surface area contributed by atoms with Crippen molar-refractivity contribution in [1.82, 2.24) is 9.88 Å². The first-order valence-corrected chi connectivity index (χ1v) is 9.93. The van der Waals surface area contributed by atoms with Gasteiger partial charge in [0, 0.05) is 18.3 Å². The Balaban J connectivity index is 2.06. The topological polar surface area (TPSA) is 114 Å². The fourth-order valence-electron chi connectivity index (χ4n) is 2.86. The molecule has 1 aliphatic rings. The Labute approximate surface area is 146 Å². The van der Waals surface area contributed by atoms with Gasteiger partial charge in [0.15, 0.2) is 16.4 Å². The molecule has 1 aromatic rings. The molecule has 8 nitrogen and oxygen atoms in total. The van der Waals surface area contributed by atoms with Crippen LogP contribution >= 0.6 is 0 Å². The number of aromatic amines is 1. The number of hydrogen-bond donors (Lipinski definition) is 1. The molecule has 1 fully saturated rings. The zero-order valence-corrected chi connectivity index (χ0v) is 15.0. The lowest BCUT2D eigenvalue weighted by Gasteiger charge is -2.33. The largest absolute Gasteiger partial charge is 0.452 e. The number of carbonyl (C=O) groups is 2. The van der Waals surface area contributed by atoms with Crippen molar-refractivity contribution in [2.75, 3.05) is 18.1 Å². The van der Waals surface area contributed by atoms with E-state index in [4.69, 9.17) is 4.74 Å². The van der Waals surface area contributed by atoms with Crippen LogP contribution in [0.4, 0.5) is 0 Å². The van der Waals surface area contributed by atoms with E-state index in [-0.39, 0.29) is 23.1 Å². The van der Waals surface area contributed by atoms with Crippen LogP contribution in [0.25, 0.3) is 0 Å². The van der Waals surface area contributed by atoms with Crippen LogP contribution in [0, 0.1) is 0 Å². The quantitative estimate of drug-likeness (QED) is 0.723. The lowest BCUT2D eigenvalue weighted by molar-refractivity contribution is -0.138. The predicted molar refractivity (Wildman–Crippen MR) is 91.0 cm³/mol. The van der Waals surface area contributed by atoms with Gasteiger partial charge in [-0.2, -0.15) is 0 Å². The number of carbonyl (C=O) groups excluding carboxylic acids is 2. The van der Waals surface area contributed by atoms with E-state index in [1.54, 1.807) is 0 Å². The number of ether oxygens (including phenoxy) is 1. The molecule has 1 saturated heterocycles. The second-order valence-electron chi connectivity index (χ2n) is 6.10. The molecule has 0 aliphatic carbocycles. The van der Waals surface area contributed by atoms with Crippen LogP contribution < -0.4 is 5.56 Å². The van der Waals surface area contributed by atoms with Crippen LogP contribution in [0.5, 0.6) is 0 Å². The van der Waals surface area contributed by atoms with E-state index in [1.165, 1.54) is 23.2 Å². The zero-order chi connectivity index (χ0) is 18.6. The summed E-state index contributed by atoms with van der Waals surface area (Å²) in [7, 11) is -3.14. The molecular formula is C16H22N2O6S. The second kappa shape index (κ2) is 7.81. The molecule has 25 heavy (non-hydrogen) atoms. The van der Waals surface area contributed by atoms with Gasteiger partial charge in [0.25, 0.3) is 11.5 Å². The highest BCUT2D eigenvalue weighted by Crippen LogP contribution is 2.21. The summed E-state index contributed by atoms with van der Waals surface area (Å²) in [4.78, 5) is 39.9. The summed E-state index contributed by atoms with van der Waals surface area (Å²) in [5, 5.41) is 0. The van der Waals surface area contributed by atoms with Gasteiger partial charge in [0.2, 0.25) is 0 Å². The average Bonchev–Trinajstić information content (AvgIpc) is 2.92. The molecule has 0 bridgehead atoms. The molecule has 1 aliphatic heterocycles. The Bertz CT molecular complexity index is 801. The molecule has 2 rings (SSSR count). The molecule has 0 unspecified atom stereocenters. The minimum Gasteiger partial charge on any atom is -0.452 e. The summed E-state index contributed by atoms with van der Waals surface area (Å²) in [6.45, 7) is 3.19. The Hall–Kier alpha value is -2.16. The molecule has 0 saturated carbocycles. The minimum atomic E-state index is -3.14. The maximum absolute atomic E-state index is 12.5. The van der Waals surface area contributed by atoms with Gasteiger partial charge < -0.3 is 14.6 Å². The van der Waals surface area contributed by atoms with Gasteiger partial charge in [-0.05, 0) is 31.9 Å². The lowest BCUT2D eigenvalue weighted by atomic mass is 10.1. The van der Waals surface area contributed by atoms with Gasteiger partial charge in [-0.3, -0.25) is 9.59 Å². The highest BCUT2D eigenvalue weighted by Gasteiger charge is 2.36. The molecule has 2 heterocycles. The monoisotopic (exact) mass is 370 g/mol. The summed E-state index contributed by atoms with van der Waals surface area (Å²) < 4.78 is 28.4. The van der Waals surface area contributed by atoms with E-state index in [0.29, 0.717) is 12.8 Å². The lowest BCUT2D eigenvalue weighted by Crippen LogP contribution is -2.48. The van der Waals surface area contributed by atoms with Gasteiger partial charge in [-0.1, -0.05) is 6.92 Å². The van der Waals surface area contributed by atoms with Crippen molar-refractivity contribution in [2.24, 2.45) is 0 Å². The average molecular weight is 370 g/mol. The van der Waals surface area contributed by atoms with E-state index in [1.807, 2.05) is 13.8 Å². The van der Waals surface area contributed by atoms with E-state index in [0.717, 1.165) is 0 Å². The number of sulfone groups is 1. The van der Waals surface area contributed by atoms with Gasteiger partial charge in [-0.15, -0.1) is 0 Å². The fraction of sp³-hybridized carbons (Fsp3) is 0.562. The molecule has 1 aromatic heterocycles. The minimum absolute atomic E-state index is 0.0526. The Morgan fingerprint density at radius 1 is 1.44 bits per heavy atom. The van der Waals surface area contributed by atoms with Gasteiger partial charge in [0.05, 0.1) is 11.5 Å². The van der Waals surface area contributed by atoms with Crippen LogP contribution in [0.3, 0.4) is 0 Å². The SMILES string of the molecule is CC[C@H](C)N(C(=O)COC(=O)c1ccc[nH]c1=O)[C@H]1CCS(=O)(=O)C1. The molecular weight excluding hydrogens is 348 g/mol. The van der Waals surface area contributed by atoms with Gasteiger partial charge >= 0.3 is 5.97 Å². The Morgan fingerprint density at radius 2 is 2.16 bits per heavy atom. The molecule has 9 heteroatoms. The Kier molecular flexibility index (Phi) is 5.99. The van der Waals surface area contributed by atoms with Crippen LogP contribution in [-0.2, 0) is 19.4 Å². The number of rotatable bonds is 6. The van der Waals surface area contributed by atoms with Crippen molar-refractivity contribution in [3.8, 4) is 0 Å². The smallest absolute Gasteiger partial charge is 0.344 e. The van der Waals surface area contributed by atoms with Crippen molar-refractivity contribution < 1.29 is 22.7 Å². The summed E-state index contributed by atoms with van der Waals surface area (Å²) in [6.07, 6.45) is 2.41. The molecule has 0 radical (unpaired) electrons. The first-order valence-electron chi connectivity index (χ1n) is 8.11. The number of hydrogen-bond acceptors (Lipinski definition) is 6. The number of esters is 1. The number of amides is 1. The van der Waals surface area contributed by atoms with Crippen LogP contribution in [0.15, 0.2) is 23.1 Å². The molecule has 0 aromatic carbocycles. The molecule has 2 atom stereocenters. The van der Waals surface area contributed by atoms with Crippen molar-refractivity contribution >= 4 is 21.7 Å². The van der Waals surface area contributed by atoms with Crippen LogP contribution in [0.1, 0.15) is 37.0 Å². The number of nitrogens with one attached hydrogen (secondary N) is 1. The number of nitrogens with zero attached hydrogens (tertiary/aromatic N) is 1. The fourth-order valence-corrected chi connectivity index (χ4v) is 4.57. The maximum Gasteiger partial charge on any atom is 0.344 e. The maximum atomic E-state index is 12.5.